The van der Waals surface area contributed by atoms with Crippen molar-refractivity contribution in [3.05, 3.63) is 0 Å². The first kappa shape index (κ1) is 12.3. The Bertz CT molecular complexity index is 183. The zero-order chi connectivity index (χ0) is 10.7. The molecule has 3 nitrogen and oxygen atoms in total. The van der Waals surface area contributed by atoms with Gasteiger partial charge in [-0.05, 0) is 32.1 Å². The molecule has 0 atom stereocenters. The van der Waals surface area contributed by atoms with E-state index in [1.807, 2.05) is 0 Å². The van der Waals surface area contributed by atoms with Gasteiger partial charge in [0.15, 0.2) is 5.96 Å². The van der Waals surface area contributed by atoms with E-state index >= 15 is 0 Å². The van der Waals surface area contributed by atoms with Gasteiger partial charge in [0.1, 0.15) is 0 Å². The molecule has 0 aromatic rings. The number of rotatable bonds is 3. The van der Waals surface area contributed by atoms with E-state index in [1.165, 1.54) is 0 Å². The van der Waals surface area contributed by atoms with Gasteiger partial charge in [-0.1, -0.05) is 20.8 Å². The predicted octanol–water partition coefficient (Wildman–Crippen LogP) is 1.86. The van der Waals surface area contributed by atoms with E-state index in [4.69, 9.17) is 11.5 Å². The van der Waals surface area contributed by atoms with Gasteiger partial charge in [-0.2, -0.15) is 0 Å². The molecule has 0 fully saturated rings. The molecular formula is C10H23N3. The molecule has 0 saturated carbocycles. The molecule has 0 radical (unpaired) electrons. The summed E-state index contributed by atoms with van der Waals surface area (Å²) in [7, 11) is 0. The largest absolute Gasteiger partial charge is 0.370 e. The van der Waals surface area contributed by atoms with Gasteiger partial charge in [0.25, 0.3) is 0 Å². The van der Waals surface area contributed by atoms with Crippen LogP contribution >= 0.6 is 0 Å². The van der Waals surface area contributed by atoms with E-state index < -0.39 is 0 Å². The SMILES string of the molecule is CC(C)(C)CCC(C)(C)N=C(N)N. The molecule has 0 amide bonds. The molecule has 0 aromatic carbocycles. The minimum absolute atomic E-state index is 0.133. The Labute approximate surface area is 81.6 Å². The smallest absolute Gasteiger partial charge is 0.186 e. The fraction of sp³-hybridized carbons (Fsp3) is 0.900. The Balaban J connectivity index is 4.12. The molecule has 4 N–H and O–H groups in total. The molecule has 13 heavy (non-hydrogen) atoms. The van der Waals surface area contributed by atoms with E-state index in [0.29, 0.717) is 5.41 Å². The van der Waals surface area contributed by atoms with E-state index in [1.54, 1.807) is 0 Å². The van der Waals surface area contributed by atoms with Crippen LogP contribution in [0.3, 0.4) is 0 Å². The summed E-state index contributed by atoms with van der Waals surface area (Å²) in [6.07, 6.45) is 2.13. The summed E-state index contributed by atoms with van der Waals surface area (Å²) < 4.78 is 0. The standard InChI is InChI=1S/C10H23N3/c1-9(2,3)6-7-10(4,5)13-8(11)12/h6-7H2,1-5H3,(H4,11,12,13). The maximum absolute atomic E-state index is 5.35. The number of hydrogen-bond acceptors (Lipinski definition) is 1. The monoisotopic (exact) mass is 185 g/mol. The first-order valence-corrected chi connectivity index (χ1v) is 4.73. The molecule has 0 saturated heterocycles. The van der Waals surface area contributed by atoms with Crippen molar-refractivity contribution < 1.29 is 0 Å². The third-order valence-corrected chi connectivity index (χ3v) is 1.92. The third kappa shape index (κ3) is 7.62. The molecule has 0 rings (SSSR count). The number of aliphatic imine (C=N–C) groups is 1. The maximum Gasteiger partial charge on any atom is 0.186 e. The lowest BCUT2D eigenvalue weighted by atomic mass is 9.85. The lowest BCUT2D eigenvalue weighted by Crippen LogP contribution is -2.30. The first-order valence-electron chi connectivity index (χ1n) is 4.73. The fourth-order valence-corrected chi connectivity index (χ4v) is 1.09. The molecule has 0 aliphatic heterocycles. The van der Waals surface area contributed by atoms with Gasteiger partial charge in [0.05, 0.1) is 5.54 Å². The molecular weight excluding hydrogens is 162 g/mol. The average molecular weight is 185 g/mol. The molecule has 0 aliphatic carbocycles. The van der Waals surface area contributed by atoms with Crippen molar-refractivity contribution in [2.24, 2.45) is 21.9 Å². The normalized spacial score (nSPS) is 12.7. The summed E-state index contributed by atoms with van der Waals surface area (Å²) in [5.41, 5.74) is 10.9. The van der Waals surface area contributed by atoms with Crippen molar-refractivity contribution in [3.8, 4) is 0 Å². The second-order valence-corrected chi connectivity index (χ2v) is 5.41. The number of guanidine groups is 1. The van der Waals surface area contributed by atoms with Crippen molar-refractivity contribution in [1.29, 1.82) is 0 Å². The van der Waals surface area contributed by atoms with Gasteiger partial charge in [-0.3, -0.25) is 0 Å². The highest BCUT2D eigenvalue weighted by molar-refractivity contribution is 5.76. The minimum atomic E-state index is -0.133. The van der Waals surface area contributed by atoms with Crippen LogP contribution in [-0.2, 0) is 0 Å². The zero-order valence-corrected chi connectivity index (χ0v) is 9.52. The Morgan fingerprint density at radius 1 is 1.00 bits per heavy atom. The van der Waals surface area contributed by atoms with E-state index in [-0.39, 0.29) is 11.5 Å². The molecule has 3 heteroatoms. The number of nitrogens with two attached hydrogens (primary N) is 2. The van der Waals surface area contributed by atoms with Crippen LogP contribution in [0.5, 0.6) is 0 Å². The van der Waals surface area contributed by atoms with Crippen LogP contribution in [0.2, 0.25) is 0 Å². The first-order chi connectivity index (χ1) is 5.62. The van der Waals surface area contributed by atoms with Crippen LogP contribution in [0, 0.1) is 5.41 Å². The van der Waals surface area contributed by atoms with Crippen LogP contribution in [0.25, 0.3) is 0 Å². The van der Waals surface area contributed by atoms with Crippen LogP contribution < -0.4 is 11.5 Å². The molecule has 0 heterocycles. The second kappa shape index (κ2) is 3.99. The summed E-state index contributed by atoms with van der Waals surface area (Å²) in [6, 6.07) is 0. The van der Waals surface area contributed by atoms with E-state index in [9.17, 15) is 0 Å². The summed E-state index contributed by atoms with van der Waals surface area (Å²) in [4.78, 5) is 4.18. The Hall–Kier alpha value is -0.730. The molecule has 0 aliphatic rings. The van der Waals surface area contributed by atoms with Crippen molar-refractivity contribution in [3.63, 3.8) is 0 Å². The molecule has 0 aromatic heterocycles. The van der Waals surface area contributed by atoms with Gasteiger partial charge in [-0.15, -0.1) is 0 Å². The van der Waals surface area contributed by atoms with Crippen molar-refractivity contribution in [1.82, 2.24) is 0 Å². The Kier molecular flexibility index (Phi) is 3.76. The number of hydrogen-bond donors (Lipinski definition) is 2. The van der Waals surface area contributed by atoms with Crippen LogP contribution in [0.1, 0.15) is 47.5 Å². The van der Waals surface area contributed by atoms with Gasteiger partial charge < -0.3 is 11.5 Å². The Morgan fingerprint density at radius 2 is 1.46 bits per heavy atom. The van der Waals surface area contributed by atoms with E-state index in [2.05, 4.69) is 39.6 Å². The Morgan fingerprint density at radius 3 is 1.77 bits per heavy atom. The lowest BCUT2D eigenvalue weighted by Gasteiger charge is -2.25. The second-order valence-electron chi connectivity index (χ2n) is 5.41. The summed E-state index contributed by atoms with van der Waals surface area (Å²) in [5.74, 6) is 0.180. The summed E-state index contributed by atoms with van der Waals surface area (Å²) in [6.45, 7) is 10.8. The van der Waals surface area contributed by atoms with Crippen molar-refractivity contribution in [2.45, 2.75) is 53.0 Å². The molecule has 0 bridgehead atoms. The summed E-state index contributed by atoms with van der Waals surface area (Å²) >= 11 is 0. The van der Waals surface area contributed by atoms with Crippen LogP contribution in [-0.4, -0.2) is 11.5 Å². The maximum atomic E-state index is 5.35. The van der Waals surface area contributed by atoms with Crippen molar-refractivity contribution >= 4 is 5.96 Å². The van der Waals surface area contributed by atoms with Crippen LogP contribution in [0.15, 0.2) is 4.99 Å². The minimum Gasteiger partial charge on any atom is -0.370 e. The van der Waals surface area contributed by atoms with Gasteiger partial charge in [-0.25, -0.2) is 4.99 Å². The van der Waals surface area contributed by atoms with E-state index in [0.717, 1.165) is 12.8 Å². The quantitative estimate of drug-likeness (QED) is 0.520. The van der Waals surface area contributed by atoms with Gasteiger partial charge in [0, 0.05) is 0 Å². The molecule has 0 spiro atoms. The van der Waals surface area contributed by atoms with Crippen LogP contribution in [0.4, 0.5) is 0 Å². The summed E-state index contributed by atoms with van der Waals surface area (Å²) in [5, 5.41) is 0. The van der Waals surface area contributed by atoms with Crippen molar-refractivity contribution in [2.75, 3.05) is 0 Å². The average Bonchev–Trinajstić information content (AvgIpc) is 1.79. The predicted molar refractivity (Wildman–Crippen MR) is 58.6 cm³/mol. The molecule has 0 unspecified atom stereocenters. The number of nitrogens with zero attached hydrogens (tertiary/aromatic N) is 1. The zero-order valence-electron chi connectivity index (χ0n) is 9.52. The van der Waals surface area contributed by atoms with Gasteiger partial charge in [0.2, 0.25) is 0 Å². The topological polar surface area (TPSA) is 64.4 Å². The lowest BCUT2D eigenvalue weighted by molar-refractivity contribution is 0.317. The molecule has 78 valence electrons. The highest BCUT2D eigenvalue weighted by Gasteiger charge is 2.20. The highest BCUT2D eigenvalue weighted by atomic mass is 15.0. The van der Waals surface area contributed by atoms with Gasteiger partial charge >= 0.3 is 0 Å². The fourth-order valence-electron chi connectivity index (χ4n) is 1.09. The highest BCUT2D eigenvalue weighted by Crippen LogP contribution is 2.27. The third-order valence-electron chi connectivity index (χ3n) is 1.92.